The Balaban J connectivity index is 1.47. The fraction of sp³-hybridized carbons (Fsp3) is 0.227. The number of aromatic nitrogens is 2. The monoisotopic (exact) mass is 438 g/mol. The smallest absolute Gasteiger partial charge is 0.262 e. The predicted molar refractivity (Wildman–Crippen MR) is 120 cm³/mol. The Morgan fingerprint density at radius 2 is 1.93 bits per heavy atom. The average Bonchev–Trinajstić information content (AvgIpc) is 3.48. The Morgan fingerprint density at radius 3 is 2.70 bits per heavy atom. The fourth-order valence-electron chi connectivity index (χ4n) is 4.07. The molecule has 2 aromatic carbocycles. The molecule has 0 saturated carbocycles. The van der Waals surface area contributed by atoms with Crippen LogP contribution in [0.2, 0.25) is 0 Å². The fourth-order valence-corrected chi connectivity index (χ4v) is 6.30. The summed E-state index contributed by atoms with van der Waals surface area (Å²) in [5.74, 6) is 0.0443. The number of benzene rings is 2. The summed E-state index contributed by atoms with van der Waals surface area (Å²) in [4.78, 5) is 4.08. The molecule has 1 unspecified atom stereocenters. The van der Waals surface area contributed by atoms with E-state index in [1.807, 2.05) is 18.2 Å². The summed E-state index contributed by atoms with van der Waals surface area (Å²) in [5, 5.41) is 6.97. The lowest BCUT2D eigenvalue weighted by Gasteiger charge is -2.21. The zero-order valence-corrected chi connectivity index (χ0v) is 18.1. The normalized spacial score (nSPS) is 20.0. The van der Waals surface area contributed by atoms with Gasteiger partial charge < -0.3 is 9.88 Å². The molecule has 6 nitrogen and oxygen atoms in total. The van der Waals surface area contributed by atoms with Crippen molar-refractivity contribution in [3.05, 3.63) is 78.1 Å². The van der Waals surface area contributed by atoms with E-state index in [0.29, 0.717) is 13.1 Å². The van der Waals surface area contributed by atoms with Crippen LogP contribution in [-0.2, 0) is 17.1 Å². The van der Waals surface area contributed by atoms with Crippen LogP contribution in [-0.4, -0.2) is 41.4 Å². The van der Waals surface area contributed by atoms with Crippen molar-refractivity contribution in [1.29, 1.82) is 0 Å². The summed E-state index contributed by atoms with van der Waals surface area (Å²) in [6.07, 6.45) is 3.07. The third kappa shape index (κ3) is 3.51. The lowest BCUT2D eigenvalue weighted by Crippen LogP contribution is -2.32. The molecule has 3 heterocycles. The van der Waals surface area contributed by atoms with Crippen molar-refractivity contribution < 1.29 is 8.42 Å². The third-order valence-electron chi connectivity index (χ3n) is 5.60. The molecule has 1 saturated heterocycles. The molecule has 1 fully saturated rings. The number of thiophene rings is 1. The molecule has 8 heteroatoms. The molecule has 5 rings (SSSR count). The summed E-state index contributed by atoms with van der Waals surface area (Å²) < 4.78 is 30.8. The molecule has 4 aromatic rings. The van der Waals surface area contributed by atoms with Crippen molar-refractivity contribution in [2.75, 3.05) is 18.4 Å². The third-order valence-corrected chi connectivity index (χ3v) is 8.22. The molecule has 0 aliphatic carbocycles. The van der Waals surface area contributed by atoms with E-state index in [-0.39, 0.29) is 17.0 Å². The summed E-state index contributed by atoms with van der Waals surface area (Å²) >= 11 is 1.72. The predicted octanol–water partition coefficient (Wildman–Crippen LogP) is 3.90. The minimum Gasteiger partial charge on any atom is -0.380 e. The molecule has 1 aliphatic rings. The number of anilines is 1. The highest BCUT2D eigenvalue weighted by Gasteiger charge is 2.40. The van der Waals surface area contributed by atoms with E-state index in [1.165, 1.54) is 16.4 Å². The first kappa shape index (κ1) is 19.3. The average molecular weight is 439 g/mol. The van der Waals surface area contributed by atoms with Gasteiger partial charge in [-0.15, -0.1) is 11.3 Å². The Kier molecular flexibility index (Phi) is 4.85. The van der Waals surface area contributed by atoms with E-state index in [9.17, 15) is 8.42 Å². The van der Waals surface area contributed by atoms with Crippen molar-refractivity contribution >= 4 is 37.1 Å². The van der Waals surface area contributed by atoms with E-state index in [1.54, 1.807) is 33.5 Å². The van der Waals surface area contributed by atoms with Gasteiger partial charge >= 0.3 is 0 Å². The Labute approximate surface area is 179 Å². The number of nitrogens with one attached hydrogen (secondary N) is 1. The lowest BCUT2D eigenvalue weighted by atomic mass is 9.94. The van der Waals surface area contributed by atoms with Crippen LogP contribution in [0.3, 0.4) is 0 Å². The molecular weight excluding hydrogens is 416 g/mol. The highest BCUT2D eigenvalue weighted by atomic mass is 32.2. The van der Waals surface area contributed by atoms with Crippen molar-refractivity contribution in [2.24, 2.45) is 7.05 Å². The van der Waals surface area contributed by atoms with Crippen LogP contribution in [0.1, 0.15) is 11.5 Å². The lowest BCUT2D eigenvalue weighted by molar-refractivity contribution is 0.468. The topological polar surface area (TPSA) is 67.2 Å². The van der Waals surface area contributed by atoms with Gasteiger partial charge in [0, 0.05) is 48.7 Å². The zero-order valence-electron chi connectivity index (χ0n) is 16.5. The number of aryl methyl sites for hydroxylation is 1. The van der Waals surface area contributed by atoms with Crippen LogP contribution in [0.5, 0.6) is 0 Å². The Bertz CT molecular complexity index is 1280. The van der Waals surface area contributed by atoms with E-state index in [4.69, 9.17) is 0 Å². The number of hydrogen-bond acceptors (Lipinski definition) is 5. The van der Waals surface area contributed by atoms with Crippen molar-refractivity contribution in [3.63, 3.8) is 0 Å². The largest absolute Gasteiger partial charge is 0.380 e. The Morgan fingerprint density at radius 1 is 1.10 bits per heavy atom. The van der Waals surface area contributed by atoms with Crippen molar-refractivity contribution in [3.8, 4) is 0 Å². The first-order valence-electron chi connectivity index (χ1n) is 9.77. The van der Waals surface area contributed by atoms with E-state index in [0.717, 1.165) is 11.3 Å². The van der Waals surface area contributed by atoms with Crippen LogP contribution in [0.15, 0.2) is 77.5 Å². The van der Waals surface area contributed by atoms with Gasteiger partial charge in [0.2, 0.25) is 0 Å². The standard InChI is InChI=1S/C22H22N4O2S2/c1-25-14-22(23-15-25)30(27,28)26-12-19(16-5-3-2-4-6-16)20(13-26)24-18-7-8-21-17(11-18)9-10-29-21/h2-11,14-15,19-20,24H,12-13H2,1H3/t19?,20-/m1/s1. The summed E-state index contributed by atoms with van der Waals surface area (Å²) in [5.41, 5.74) is 2.13. The summed E-state index contributed by atoms with van der Waals surface area (Å²) in [7, 11) is -1.88. The second kappa shape index (κ2) is 7.54. The van der Waals surface area contributed by atoms with Gasteiger partial charge in [-0.2, -0.15) is 4.31 Å². The molecule has 0 radical (unpaired) electrons. The van der Waals surface area contributed by atoms with Gasteiger partial charge in [0.25, 0.3) is 10.0 Å². The summed E-state index contributed by atoms with van der Waals surface area (Å²) in [6.45, 7) is 0.807. The Hall–Kier alpha value is -2.68. The van der Waals surface area contributed by atoms with Gasteiger partial charge in [-0.05, 0) is 40.6 Å². The quantitative estimate of drug-likeness (QED) is 0.513. The van der Waals surface area contributed by atoms with Crippen LogP contribution < -0.4 is 5.32 Å². The minimum atomic E-state index is -3.65. The van der Waals surface area contributed by atoms with Gasteiger partial charge in [0.15, 0.2) is 5.03 Å². The van der Waals surface area contributed by atoms with Gasteiger partial charge in [0.05, 0.1) is 6.33 Å². The van der Waals surface area contributed by atoms with Gasteiger partial charge in [-0.3, -0.25) is 0 Å². The molecule has 2 aromatic heterocycles. The van der Waals surface area contributed by atoms with E-state index in [2.05, 4.69) is 52.1 Å². The van der Waals surface area contributed by atoms with Gasteiger partial charge in [0.1, 0.15) is 0 Å². The number of nitrogens with zero attached hydrogens (tertiary/aromatic N) is 3. The molecule has 1 N–H and O–H groups in total. The maximum Gasteiger partial charge on any atom is 0.262 e. The molecule has 0 amide bonds. The molecule has 0 spiro atoms. The molecule has 1 aliphatic heterocycles. The summed E-state index contributed by atoms with van der Waals surface area (Å²) in [6, 6.07) is 18.5. The maximum atomic E-state index is 13.2. The van der Waals surface area contributed by atoms with Crippen LogP contribution in [0.25, 0.3) is 10.1 Å². The molecular formula is C22H22N4O2S2. The first-order chi connectivity index (χ1) is 14.5. The minimum absolute atomic E-state index is 0.0398. The van der Waals surface area contributed by atoms with Crippen LogP contribution in [0, 0.1) is 0 Å². The van der Waals surface area contributed by atoms with Crippen molar-refractivity contribution in [1.82, 2.24) is 13.9 Å². The maximum absolute atomic E-state index is 13.2. The second-order valence-corrected chi connectivity index (χ2v) is 10.5. The van der Waals surface area contributed by atoms with Gasteiger partial charge in [-0.25, -0.2) is 13.4 Å². The molecule has 30 heavy (non-hydrogen) atoms. The number of rotatable bonds is 5. The van der Waals surface area contributed by atoms with Gasteiger partial charge in [-0.1, -0.05) is 30.3 Å². The number of imidazole rings is 1. The molecule has 2 atom stereocenters. The second-order valence-electron chi connectivity index (χ2n) is 7.64. The molecule has 154 valence electrons. The first-order valence-corrected chi connectivity index (χ1v) is 12.1. The highest BCUT2D eigenvalue weighted by Crippen LogP contribution is 2.34. The number of hydrogen-bond donors (Lipinski definition) is 1. The van der Waals surface area contributed by atoms with Crippen LogP contribution in [0.4, 0.5) is 5.69 Å². The SMILES string of the molecule is Cn1cnc(S(=O)(=O)N2CC(c3ccccc3)[C@H](Nc3ccc4sccc4c3)C2)c1. The van der Waals surface area contributed by atoms with Crippen molar-refractivity contribution in [2.45, 2.75) is 17.0 Å². The number of fused-ring (bicyclic) bond motifs is 1. The van der Waals surface area contributed by atoms with E-state index < -0.39 is 10.0 Å². The molecule has 0 bridgehead atoms. The van der Waals surface area contributed by atoms with E-state index >= 15 is 0 Å². The van der Waals surface area contributed by atoms with Crippen LogP contribution >= 0.6 is 11.3 Å². The zero-order chi connectivity index (χ0) is 20.7. The highest BCUT2D eigenvalue weighted by molar-refractivity contribution is 7.89. The number of sulfonamides is 1.